The molecule has 0 saturated heterocycles. The minimum Gasteiger partial charge on any atom is -0.490 e. The Bertz CT molecular complexity index is 690. The second-order valence-electron chi connectivity index (χ2n) is 4.73. The van der Waals surface area contributed by atoms with Gasteiger partial charge in [-0.15, -0.1) is 11.3 Å². The topological polar surface area (TPSA) is 35.5 Å². The summed E-state index contributed by atoms with van der Waals surface area (Å²) in [5.74, 6) is 1.29. The molecular formula is C15H12Br2O3S. The van der Waals surface area contributed by atoms with Crippen LogP contribution in [-0.2, 0) is 0 Å². The Morgan fingerprint density at radius 3 is 2.43 bits per heavy atom. The Kier molecular flexibility index (Phi) is 4.38. The summed E-state index contributed by atoms with van der Waals surface area (Å²) in [5.41, 5.74) is 1.65. The van der Waals surface area contributed by atoms with Gasteiger partial charge in [-0.05, 0) is 62.5 Å². The molecule has 0 spiro atoms. The molecule has 0 unspecified atom stereocenters. The summed E-state index contributed by atoms with van der Waals surface area (Å²) in [5, 5.41) is 0. The average molecular weight is 432 g/mol. The number of hydrogen-bond acceptors (Lipinski definition) is 4. The molecule has 3 nitrogen and oxygen atoms in total. The molecule has 3 rings (SSSR count). The number of thiophene rings is 1. The van der Waals surface area contributed by atoms with E-state index in [1.807, 2.05) is 19.1 Å². The van der Waals surface area contributed by atoms with Crippen molar-refractivity contribution in [1.82, 2.24) is 0 Å². The maximum atomic E-state index is 12.7. The molecule has 1 aromatic heterocycles. The van der Waals surface area contributed by atoms with E-state index < -0.39 is 0 Å². The molecule has 21 heavy (non-hydrogen) atoms. The number of aryl methyl sites for hydroxylation is 1. The lowest BCUT2D eigenvalue weighted by molar-refractivity contribution is 0.104. The van der Waals surface area contributed by atoms with Crippen LogP contribution in [0.1, 0.15) is 27.2 Å². The number of carbonyl (C=O) groups excluding carboxylic acids is 1. The van der Waals surface area contributed by atoms with E-state index in [0.29, 0.717) is 35.2 Å². The molecule has 1 aliphatic heterocycles. The lowest BCUT2D eigenvalue weighted by Crippen LogP contribution is -2.02. The van der Waals surface area contributed by atoms with Gasteiger partial charge in [0.2, 0.25) is 5.78 Å². The van der Waals surface area contributed by atoms with Crippen LogP contribution < -0.4 is 9.47 Å². The summed E-state index contributed by atoms with van der Waals surface area (Å²) >= 11 is 8.36. The minimum atomic E-state index is -0.0173. The Hall–Kier alpha value is -0.850. The Morgan fingerprint density at radius 2 is 1.81 bits per heavy atom. The van der Waals surface area contributed by atoms with Gasteiger partial charge >= 0.3 is 0 Å². The lowest BCUT2D eigenvalue weighted by Gasteiger charge is -2.10. The van der Waals surface area contributed by atoms with Crippen LogP contribution >= 0.6 is 43.2 Å². The molecule has 0 fully saturated rings. The van der Waals surface area contributed by atoms with Gasteiger partial charge in [-0.3, -0.25) is 4.79 Å². The van der Waals surface area contributed by atoms with Crippen molar-refractivity contribution in [2.24, 2.45) is 0 Å². The zero-order valence-corrected chi connectivity index (χ0v) is 15.2. The van der Waals surface area contributed by atoms with Gasteiger partial charge in [0, 0.05) is 16.5 Å². The lowest BCUT2D eigenvalue weighted by atomic mass is 10.1. The second-order valence-corrected chi connectivity index (χ2v) is 7.95. The summed E-state index contributed by atoms with van der Waals surface area (Å²) in [6.45, 7) is 3.20. The third-order valence-corrected chi connectivity index (χ3v) is 5.95. The van der Waals surface area contributed by atoms with Crippen LogP contribution in [0.2, 0.25) is 0 Å². The first-order valence-corrected chi connectivity index (χ1v) is 8.86. The van der Waals surface area contributed by atoms with Gasteiger partial charge in [-0.25, -0.2) is 0 Å². The zero-order chi connectivity index (χ0) is 15.0. The average Bonchev–Trinajstić information content (AvgIpc) is 2.66. The monoisotopic (exact) mass is 430 g/mol. The number of carbonyl (C=O) groups is 1. The van der Waals surface area contributed by atoms with Crippen molar-refractivity contribution in [3.8, 4) is 11.5 Å². The highest BCUT2D eigenvalue weighted by Gasteiger charge is 2.20. The van der Waals surface area contributed by atoms with Crippen LogP contribution in [0, 0.1) is 6.92 Å². The van der Waals surface area contributed by atoms with Gasteiger partial charge in [0.25, 0.3) is 0 Å². The predicted molar refractivity (Wildman–Crippen MR) is 89.9 cm³/mol. The first kappa shape index (κ1) is 15.1. The number of hydrogen-bond donors (Lipinski definition) is 0. The fraction of sp³-hybridized carbons (Fsp3) is 0.267. The Labute approximate surface area is 143 Å². The summed E-state index contributed by atoms with van der Waals surface area (Å²) in [4.78, 5) is 13.4. The highest BCUT2D eigenvalue weighted by Crippen LogP contribution is 2.37. The zero-order valence-electron chi connectivity index (χ0n) is 11.2. The summed E-state index contributed by atoms with van der Waals surface area (Å²) in [6.07, 6.45) is 0.840. The van der Waals surface area contributed by atoms with Crippen LogP contribution in [0.15, 0.2) is 26.5 Å². The van der Waals surface area contributed by atoms with Crippen LogP contribution in [0.5, 0.6) is 11.5 Å². The van der Waals surface area contributed by atoms with E-state index in [-0.39, 0.29) is 5.78 Å². The quantitative estimate of drug-likeness (QED) is 0.629. The fourth-order valence-corrected chi connectivity index (χ4v) is 4.05. The van der Waals surface area contributed by atoms with Crippen molar-refractivity contribution in [1.29, 1.82) is 0 Å². The second kappa shape index (κ2) is 6.10. The summed E-state index contributed by atoms with van der Waals surface area (Å²) in [7, 11) is 0. The third-order valence-electron chi connectivity index (χ3n) is 3.16. The standard InChI is InChI=1S/C15H12Br2O3S/c1-8-5-13(21-15(8)17)14(18)9-6-11-12(7-10(9)16)20-4-2-3-19-11/h5-7H,2-4H2,1H3. The maximum Gasteiger partial charge on any atom is 0.204 e. The van der Waals surface area contributed by atoms with Gasteiger partial charge in [0.1, 0.15) is 0 Å². The van der Waals surface area contributed by atoms with Crippen molar-refractivity contribution in [3.05, 3.63) is 42.5 Å². The Balaban J connectivity index is 2.02. The van der Waals surface area contributed by atoms with Crippen LogP contribution in [0.4, 0.5) is 0 Å². The minimum absolute atomic E-state index is 0.0173. The van der Waals surface area contributed by atoms with Crippen molar-refractivity contribution < 1.29 is 14.3 Å². The fourth-order valence-electron chi connectivity index (χ4n) is 2.06. The molecule has 0 bridgehead atoms. The molecule has 110 valence electrons. The highest BCUT2D eigenvalue weighted by atomic mass is 79.9. The predicted octanol–water partition coefficient (Wildman–Crippen LogP) is 4.97. The number of fused-ring (bicyclic) bond motifs is 1. The first-order valence-electron chi connectivity index (χ1n) is 6.46. The van der Waals surface area contributed by atoms with Gasteiger partial charge in [-0.1, -0.05) is 0 Å². The number of halogens is 2. The van der Waals surface area contributed by atoms with Crippen molar-refractivity contribution in [2.75, 3.05) is 13.2 Å². The first-order chi connectivity index (χ1) is 10.1. The summed E-state index contributed by atoms with van der Waals surface area (Å²) < 4.78 is 13.0. The smallest absolute Gasteiger partial charge is 0.204 e. The number of ketones is 1. The number of benzene rings is 1. The van der Waals surface area contributed by atoms with E-state index >= 15 is 0 Å². The molecule has 2 aromatic rings. The van der Waals surface area contributed by atoms with E-state index in [1.165, 1.54) is 11.3 Å². The summed E-state index contributed by atoms with van der Waals surface area (Å²) in [6, 6.07) is 5.46. The molecule has 0 N–H and O–H groups in total. The van der Waals surface area contributed by atoms with Crippen molar-refractivity contribution >= 4 is 49.0 Å². The van der Waals surface area contributed by atoms with E-state index in [0.717, 1.165) is 20.2 Å². The van der Waals surface area contributed by atoms with Gasteiger partial charge in [-0.2, -0.15) is 0 Å². The molecule has 0 saturated carbocycles. The third kappa shape index (κ3) is 3.03. The van der Waals surface area contributed by atoms with Crippen LogP contribution in [0.25, 0.3) is 0 Å². The number of rotatable bonds is 2. The molecule has 1 aromatic carbocycles. The molecule has 2 heterocycles. The van der Waals surface area contributed by atoms with Crippen LogP contribution in [-0.4, -0.2) is 19.0 Å². The van der Waals surface area contributed by atoms with E-state index in [1.54, 1.807) is 6.07 Å². The van der Waals surface area contributed by atoms with E-state index in [9.17, 15) is 4.79 Å². The van der Waals surface area contributed by atoms with Crippen LogP contribution in [0.3, 0.4) is 0 Å². The highest BCUT2D eigenvalue weighted by molar-refractivity contribution is 9.11. The molecule has 1 aliphatic rings. The maximum absolute atomic E-state index is 12.7. The van der Waals surface area contributed by atoms with Crippen molar-refractivity contribution in [3.63, 3.8) is 0 Å². The molecule has 0 radical (unpaired) electrons. The van der Waals surface area contributed by atoms with Crippen molar-refractivity contribution in [2.45, 2.75) is 13.3 Å². The van der Waals surface area contributed by atoms with Gasteiger partial charge < -0.3 is 9.47 Å². The largest absolute Gasteiger partial charge is 0.490 e. The van der Waals surface area contributed by atoms with Gasteiger partial charge in [0.15, 0.2) is 11.5 Å². The van der Waals surface area contributed by atoms with E-state index in [2.05, 4.69) is 31.9 Å². The molecule has 6 heteroatoms. The molecular weight excluding hydrogens is 420 g/mol. The van der Waals surface area contributed by atoms with E-state index in [4.69, 9.17) is 9.47 Å². The molecule has 0 atom stereocenters. The Morgan fingerprint density at radius 1 is 1.14 bits per heavy atom. The SMILES string of the molecule is Cc1cc(C(=O)c2cc3c(cc2Br)OCCCO3)sc1Br. The number of ether oxygens (including phenoxy) is 2. The normalized spacial score (nSPS) is 13.9. The molecule has 0 amide bonds. The molecule has 0 aliphatic carbocycles. The van der Waals surface area contributed by atoms with Gasteiger partial charge in [0.05, 0.1) is 21.9 Å².